The molecule has 0 saturated carbocycles. The third-order valence-corrected chi connectivity index (χ3v) is 10.8. The highest BCUT2D eigenvalue weighted by atomic mass is 16.7. The Labute approximate surface area is 291 Å². The van der Waals surface area contributed by atoms with Gasteiger partial charge in [-0.1, -0.05) is 65.0 Å². The monoisotopic (exact) mass is 693 g/mol. The van der Waals surface area contributed by atoms with Crippen LogP contribution in [0.25, 0.3) is 0 Å². The summed E-state index contributed by atoms with van der Waals surface area (Å²) in [4.78, 5) is 41.5. The molecule has 2 aliphatic rings. The van der Waals surface area contributed by atoms with E-state index in [4.69, 9.17) is 23.7 Å². The number of amides is 1. The number of aliphatic hydroxyl groups is 3. The first-order chi connectivity index (χ1) is 23.0. The number of Topliss-reactive ketones (excluding diaryl/α,β-unsaturated/α-hetero) is 1. The predicted octanol–water partition coefficient (Wildman–Crippen LogP) is 4.11. The van der Waals surface area contributed by atoms with Crippen LogP contribution in [0.15, 0.2) is 30.3 Å². The topological polar surface area (TPSA) is 161 Å². The van der Waals surface area contributed by atoms with Crippen LogP contribution in [0.1, 0.15) is 80.2 Å². The number of methoxy groups -OCH3 is 1. The first-order valence-corrected chi connectivity index (χ1v) is 17.5. The second-order valence-electron chi connectivity index (χ2n) is 14.5. The maximum atomic E-state index is 13.7. The molecule has 1 aromatic carbocycles. The minimum Gasteiger partial charge on any atom is -0.462 e. The van der Waals surface area contributed by atoms with Gasteiger partial charge < -0.3 is 43.9 Å². The van der Waals surface area contributed by atoms with Gasteiger partial charge >= 0.3 is 12.1 Å². The average Bonchev–Trinajstić information content (AvgIpc) is 3.10. The molecule has 49 heavy (non-hydrogen) atoms. The molecule has 0 aromatic heterocycles. The van der Waals surface area contributed by atoms with Gasteiger partial charge in [0.25, 0.3) is 0 Å². The lowest BCUT2D eigenvalue weighted by molar-refractivity contribution is -0.300. The van der Waals surface area contributed by atoms with Crippen molar-refractivity contribution in [1.82, 2.24) is 4.90 Å². The standard InChI is InChI=1S/C37H59NO11/c1-11-28-22(4)30(40)23(5)29(39)20(2)18-37(8,45-10)33(24(6)31(41)25(7)34(43)48-28)49-35-32(42)27(17-21(3)47-35)38(9)36(44)46-19-26-15-13-12-14-16-26/h12-16,20-25,27-28,30-33,35,40-42H,11,17-19H2,1-10H3/t20-,21-,22+,23+,24+,25-,27+,28-,30+,31+,32-,33-,35+,37+/m1/s1. The lowest BCUT2D eigenvalue weighted by Gasteiger charge is -2.48. The van der Waals surface area contributed by atoms with Crippen LogP contribution < -0.4 is 0 Å². The number of esters is 1. The summed E-state index contributed by atoms with van der Waals surface area (Å²) < 4.78 is 30.1. The van der Waals surface area contributed by atoms with Crippen molar-refractivity contribution >= 4 is 17.8 Å². The molecule has 3 rings (SSSR count). The van der Waals surface area contributed by atoms with Gasteiger partial charge in [-0.25, -0.2) is 4.79 Å². The summed E-state index contributed by atoms with van der Waals surface area (Å²) in [5.74, 6) is -4.51. The maximum absolute atomic E-state index is 13.7. The zero-order valence-corrected chi connectivity index (χ0v) is 30.8. The number of nitrogens with zero attached hydrogens (tertiary/aromatic N) is 1. The zero-order chi connectivity index (χ0) is 36.8. The van der Waals surface area contributed by atoms with E-state index in [1.54, 1.807) is 55.5 Å². The Morgan fingerprint density at radius 2 is 1.57 bits per heavy atom. The Kier molecular flexibility index (Phi) is 14.6. The van der Waals surface area contributed by atoms with E-state index in [0.29, 0.717) is 12.8 Å². The van der Waals surface area contributed by atoms with E-state index >= 15 is 0 Å². The number of hydrogen-bond donors (Lipinski definition) is 3. The molecular formula is C37H59NO11. The number of carbonyl (C=O) groups is 3. The zero-order valence-electron chi connectivity index (χ0n) is 30.8. The van der Waals surface area contributed by atoms with E-state index in [9.17, 15) is 29.7 Å². The number of hydrogen-bond acceptors (Lipinski definition) is 11. The number of cyclic esters (lactones) is 1. The van der Waals surface area contributed by atoms with Gasteiger partial charge in [-0.05, 0) is 45.6 Å². The highest BCUT2D eigenvalue weighted by molar-refractivity contribution is 5.83. The summed E-state index contributed by atoms with van der Waals surface area (Å²) in [6.07, 6.45) is -6.87. The van der Waals surface area contributed by atoms with Gasteiger partial charge in [-0.15, -0.1) is 0 Å². The van der Waals surface area contributed by atoms with Crippen LogP contribution in [-0.4, -0.2) is 107 Å². The summed E-state index contributed by atoms with van der Waals surface area (Å²) in [7, 11) is 3.02. The van der Waals surface area contributed by atoms with Crippen LogP contribution in [0.4, 0.5) is 4.79 Å². The van der Waals surface area contributed by atoms with E-state index in [0.717, 1.165) is 5.56 Å². The van der Waals surface area contributed by atoms with Crippen LogP contribution in [0.5, 0.6) is 0 Å². The van der Waals surface area contributed by atoms with Crippen molar-refractivity contribution in [3.05, 3.63) is 35.9 Å². The van der Waals surface area contributed by atoms with Crippen LogP contribution in [0.3, 0.4) is 0 Å². The summed E-state index contributed by atoms with van der Waals surface area (Å²) in [6, 6.07) is 8.52. The number of rotatable bonds is 7. The van der Waals surface area contributed by atoms with Gasteiger partial charge in [0.1, 0.15) is 24.6 Å². The molecule has 2 saturated heterocycles. The molecule has 3 N–H and O–H groups in total. The van der Waals surface area contributed by atoms with Crippen molar-refractivity contribution in [3.63, 3.8) is 0 Å². The second-order valence-corrected chi connectivity index (χ2v) is 14.5. The van der Waals surface area contributed by atoms with Gasteiger partial charge in [-0.3, -0.25) is 9.59 Å². The summed E-state index contributed by atoms with van der Waals surface area (Å²) >= 11 is 0. The SMILES string of the molecule is CC[C@H]1OC(=O)[C@H](C)[C@@H](O)[C@H](C)[C@@H](O[C@@H]2O[C@H](C)C[C@H](N(C)C(=O)OCc3ccccc3)[C@H]2O)[C@@](C)(OC)C[C@@H](C)C(=O)[C@H](C)[C@@H](O)[C@H]1C. The maximum Gasteiger partial charge on any atom is 0.410 e. The molecule has 0 unspecified atom stereocenters. The summed E-state index contributed by atoms with van der Waals surface area (Å²) in [6.45, 7) is 13.9. The fourth-order valence-corrected chi connectivity index (χ4v) is 7.36. The van der Waals surface area contributed by atoms with Gasteiger partial charge in [-0.2, -0.15) is 0 Å². The summed E-state index contributed by atoms with van der Waals surface area (Å²) in [5, 5.41) is 34.5. The van der Waals surface area contributed by atoms with Crippen molar-refractivity contribution in [1.29, 1.82) is 0 Å². The fourth-order valence-electron chi connectivity index (χ4n) is 7.36. The van der Waals surface area contributed by atoms with Gasteiger partial charge in [0, 0.05) is 37.8 Å². The molecule has 14 atom stereocenters. The molecule has 12 heteroatoms. The Hall–Kier alpha value is -2.61. The van der Waals surface area contributed by atoms with E-state index in [2.05, 4.69) is 0 Å². The summed E-state index contributed by atoms with van der Waals surface area (Å²) in [5.41, 5.74) is -0.424. The molecule has 2 heterocycles. The Bertz CT molecular complexity index is 1230. The number of ketones is 1. The third-order valence-electron chi connectivity index (χ3n) is 10.8. The minimum atomic E-state index is -1.33. The van der Waals surface area contributed by atoms with Gasteiger partial charge in [0.15, 0.2) is 6.29 Å². The van der Waals surface area contributed by atoms with Crippen LogP contribution >= 0.6 is 0 Å². The van der Waals surface area contributed by atoms with Crippen molar-refractivity contribution in [2.45, 2.75) is 136 Å². The smallest absolute Gasteiger partial charge is 0.410 e. The lowest BCUT2D eigenvalue weighted by Crippen LogP contribution is -2.60. The number of likely N-dealkylation sites (N-methyl/N-ethyl adjacent to an activating group) is 1. The van der Waals surface area contributed by atoms with E-state index in [1.807, 2.05) is 37.3 Å². The molecule has 0 aliphatic carbocycles. The second kappa shape index (κ2) is 17.5. The van der Waals surface area contributed by atoms with Gasteiger partial charge in [0.05, 0.1) is 42.0 Å². The normalized spacial score (nSPS) is 39.8. The quantitative estimate of drug-likeness (QED) is 0.353. The predicted molar refractivity (Wildman–Crippen MR) is 181 cm³/mol. The van der Waals surface area contributed by atoms with Crippen molar-refractivity contribution < 1.29 is 53.4 Å². The van der Waals surface area contributed by atoms with Crippen molar-refractivity contribution in [2.24, 2.45) is 29.6 Å². The minimum absolute atomic E-state index is 0.0631. The van der Waals surface area contributed by atoms with Gasteiger partial charge in [0.2, 0.25) is 0 Å². The number of carbonyl (C=O) groups excluding carboxylic acids is 3. The number of ether oxygens (including phenoxy) is 5. The van der Waals surface area contributed by atoms with E-state index in [-0.39, 0.29) is 18.8 Å². The molecule has 1 aromatic rings. The fraction of sp³-hybridized carbons (Fsp3) is 0.757. The Morgan fingerprint density at radius 1 is 0.959 bits per heavy atom. The Balaban J connectivity index is 1.95. The van der Waals surface area contributed by atoms with Crippen LogP contribution in [-0.2, 0) is 39.9 Å². The first kappa shape index (κ1) is 40.8. The van der Waals surface area contributed by atoms with E-state index < -0.39 is 96.2 Å². The molecular weight excluding hydrogens is 634 g/mol. The molecule has 12 nitrogen and oxygen atoms in total. The molecule has 0 radical (unpaired) electrons. The number of benzene rings is 1. The highest BCUT2D eigenvalue weighted by Gasteiger charge is 2.50. The largest absolute Gasteiger partial charge is 0.462 e. The first-order valence-electron chi connectivity index (χ1n) is 17.5. The molecule has 2 aliphatic heterocycles. The Morgan fingerprint density at radius 3 is 2.16 bits per heavy atom. The van der Waals surface area contributed by atoms with Crippen molar-refractivity contribution in [3.8, 4) is 0 Å². The molecule has 0 bridgehead atoms. The molecule has 278 valence electrons. The molecule has 1 amide bonds. The van der Waals surface area contributed by atoms with Crippen LogP contribution in [0.2, 0.25) is 0 Å². The number of aliphatic hydroxyl groups excluding tert-OH is 3. The van der Waals surface area contributed by atoms with E-state index in [1.165, 1.54) is 12.0 Å². The third kappa shape index (κ3) is 9.59. The van der Waals surface area contributed by atoms with Crippen molar-refractivity contribution in [2.75, 3.05) is 14.2 Å². The average molecular weight is 694 g/mol. The lowest BCUT2D eigenvalue weighted by atomic mass is 9.74. The highest BCUT2D eigenvalue weighted by Crippen LogP contribution is 2.39. The molecule has 0 spiro atoms. The van der Waals surface area contributed by atoms with Crippen LogP contribution in [0, 0.1) is 29.6 Å². The molecule has 2 fully saturated rings.